The minimum Gasteiger partial charge on any atom is -0.344 e. The van der Waals surface area contributed by atoms with Crippen LogP contribution in [-0.4, -0.2) is 27.8 Å². The van der Waals surface area contributed by atoms with Gasteiger partial charge in [0.1, 0.15) is 17.5 Å². The SMILES string of the molecule is O=C(Nc1cnc(C2CC2)nc1)C(=O)N[C@H]1C[C@@H]1c1c(F)cccc1F. The number of benzene rings is 1. The Hall–Kier alpha value is -2.90. The van der Waals surface area contributed by atoms with E-state index in [2.05, 4.69) is 20.6 Å². The molecule has 0 unspecified atom stereocenters. The summed E-state index contributed by atoms with van der Waals surface area (Å²) in [5.41, 5.74) is 0.268. The van der Waals surface area contributed by atoms with E-state index in [1.54, 1.807) is 0 Å². The summed E-state index contributed by atoms with van der Waals surface area (Å²) in [6, 6.07) is 3.17. The Balaban J connectivity index is 1.33. The van der Waals surface area contributed by atoms with E-state index in [4.69, 9.17) is 0 Å². The number of hydrogen-bond donors (Lipinski definition) is 2. The molecule has 26 heavy (non-hydrogen) atoms. The Morgan fingerprint density at radius 1 is 1.04 bits per heavy atom. The van der Waals surface area contributed by atoms with Gasteiger partial charge in [0, 0.05) is 23.4 Å². The Kier molecular flexibility index (Phi) is 4.10. The fraction of sp³-hybridized carbons (Fsp3) is 0.333. The highest BCUT2D eigenvalue weighted by Crippen LogP contribution is 2.43. The van der Waals surface area contributed by atoms with Crippen molar-refractivity contribution in [3.05, 3.63) is 53.6 Å². The molecule has 4 rings (SSSR count). The molecule has 8 heteroatoms. The van der Waals surface area contributed by atoms with Crippen molar-refractivity contribution >= 4 is 17.5 Å². The maximum absolute atomic E-state index is 13.7. The van der Waals surface area contributed by atoms with Crippen LogP contribution < -0.4 is 10.6 Å². The molecule has 2 aliphatic rings. The number of nitrogens with one attached hydrogen (secondary N) is 2. The second-order valence-electron chi connectivity index (χ2n) is 6.62. The molecule has 1 heterocycles. The molecule has 0 bridgehead atoms. The minimum atomic E-state index is -0.868. The molecule has 2 saturated carbocycles. The summed E-state index contributed by atoms with van der Waals surface area (Å²) in [4.78, 5) is 32.2. The average molecular weight is 358 g/mol. The Labute approximate surface area is 148 Å². The number of nitrogens with zero attached hydrogens (tertiary/aromatic N) is 2. The van der Waals surface area contributed by atoms with E-state index < -0.39 is 35.4 Å². The molecule has 2 aromatic rings. The second-order valence-corrected chi connectivity index (χ2v) is 6.62. The monoisotopic (exact) mass is 358 g/mol. The lowest BCUT2D eigenvalue weighted by Crippen LogP contribution is -2.37. The number of anilines is 1. The van der Waals surface area contributed by atoms with Crippen LogP contribution in [0.2, 0.25) is 0 Å². The van der Waals surface area contributed by atoms with Crippen LogP contribution in [0.5, 0.6) is 0 Å². The van der Waals surface area contributed by atoms with Gasteiger partial charge in [0.15, 0.2) is 0 Å². The van der Waals surface area contributed by atoms with Gasteiger partial charge in [-0.05, 0) is 31.4 Å². The average Bonchev–Trinajstić information content (AvgIpc) is 3.51. The molecule has 2 atom stereocenters. The Morgan fingerprint density at radius 3 is 2.31 bits per heavy atom. The third kappa shape index (κ3) is 3.40. The van der Waals surface area contributed by atoms with E-state index in [0.717, 1.165) is 18.7 Å². The first kappa shape index (κ1) is 16.6. The van der Waals surface area contributed by atoms with Gasteiger partial charge in [-0.3, -0.25) is 9.59 Å². The van der Waals surface area contributed by atoms with Crippen LogP contribution in [0.1, 0.15) is 42.5 Å². The van der Waals surface area contributed by atoms with E-state index in [9.17, 15) is 18.4 Å². The number of halogens is 2. The van der Waals surface area contributed by atoms with Crippen LogP contribution in [0.15, 0.2) is 30.6 Å². The standard InChI is InChI=1S/C18H16F2N4O2/c19-12-2-1-3-13(20)15(12)11-6-14(11)24-18(26)17(25)23-10-7-21-16(22-8-10)9-4-5-9/h1-3,7-9,11,14H,4-6H2,(H,23,25)(H,24,26)/t11-,14-/m0/s1. The quantitative estimate of drug-likeness (QED) is 0.821. The van der Waals surface area contributed by atoms with Gasteiger partial charge in [0.2, 0.25) is 0 Å². The molecule has 1 aromatic carbocycles. The molecule has 0 spiro atoms. The number of amides is 2. The number of carbonyl (C=O) groups excluding carboxylic acids is 2. The molecule has 2 amide bonds. The molecular weight excluding hydrogens is 342 g/mol. The van der Waals surface area contributed by atoms with Crippen LogP contribution in [0, 0.1) is 11.6 Å². The summed E-state index contributed by atoms with van der Waals surface area (Å²) in [7, 11) is 0. The van der Waals surface area contributed by atoms with Crippen molar-refractivity contribution in [1.82, 2.24) is 15.3 Å². The predicted octanol–water partition coefficient (Wildman–Crippen LogP) is 2.24. The summed E-state index contributed by atoms with van der Waals surface area (Å²) in [5.74, 6) is -2.36. The summed E-state index contributed by atoms with van der Waals surface area (Å²) >= 11 is 0. The van der Waals surface area contributed by atoms with Gasteiger partial charge in [-0.1, -0.05) is 6.07 Å². The molecule has 1 aromatic heterocycles. The van der Waals surface area contributed by atoms with Crippen molar-refractivity contribution in [2.45, 2.75) is 37.1 Å². The highest BCUT2D eigenvalue weighted by molar-refractivity contribution is 6.39. The van der Waals surface area contributed by atoms with Crippen molar-refractivity contribution in [2.24, 2.45) is 0 Å². The highest BCUT2D eigenvalue weighted by Gasteiger charge is 2.43. The first-order valence-electron chi connectivity index (χ1n) is 8.40. The molecule has 0 aliphatic heterocycles. The second kappa shape index (κ2) is 6.44. The summed E-state index contributed by atoms with van der Waals surface area (Å²) in [5, 5.41) is 4.91. The molecular formula is C18H16F2N4O2. The van der Waals surface area contributed by atoms with Crippen molar-refractivity contribution in [3.63, 3.8) is 0 Å². The zero-order valence-electron chi connectivity index (χ0n) is 13.7. The summed E-state index contributed by atoms with van der Waals surface area (Å²) in [6.07, 6.45) is 5.44. The number of rotatable bonds is 4. The molecule has 2 N–H and O–H groups in total. The molecule has 0 radical (unpaired) electrons. The van der Waals surface area contributed by atoms with E-state index in [0.29, 0.717) is 18.0 Å². The van der Waals surface area contributed by atoms with Crippen molar-refractivity contribution in [1.29, 1.82) is 0 Å². The predicted molar refractivity (Wildman–Crippen MR) is 88.3 cm³/mol. The maximum Gasteiger partial charge on any atom is 0.313 e. The zero-order valence-corrected chi connectivity index (χ0v) is 13.7. The van der Waals surface area contributed by atoms with Gasteiger partial charge in [0.05, 0.1) is 18.1 Å². The highest BCUT2D eigenvalue weighted by atomic mass is 19.1. The fourth-order valence-electron chi connectivity index (χ4n) is 2.92. The lowest BCUT2D eigenvalue weighted by molar-refractivity contribution is -0.136. The molecule has 134 valence electrons. The van der Waals surface area contributed by atoms with E-state index in [1.165, 1.54) is 30.6 Å². The maximum atomic E-state index is 13.7. The Morgan fingerprint density at radius 2 is 1.69 bits per heavy atom. The first-order valence-corrected chi connectivity index (χ1v) is 8.40. The van der Waals surface area contributed by atoms with E-state index >= 15 is 0 Å². The number of hydrogen-bond acceptors (Lipinski definition) is 4. The van der Waals surface area contributed by atoms with Gasteiger partial charge in [-0.25, -0.2) is 18.7 Å². The molecule has 0 saturated heterocycles. The summed E-state index contributed by atoms with van der Waals surface area (Å²) in [6.45, 7) is 0. The third-order valence-corrected chi connectivity index (χ3v) is 4.56. The van der Waals surface area contributed by atoms with Crippen LogP contribution in [-0.2, 0) is 9.59 Å². The van der Waals surface area contributed by atoms with Gasteiger partial charge in [-0.2, -0.15) is 0 Å². The van der Waals surface area contributed by atoms with Gasteiger partial charge in [0.25, 0.3) is 0 Å². The number of aromatic nitrogens is 2. The largest absolute Gasteiger partial charge is 0.344 e. The minimum absolute atomic E-state index is 0.0535. The molecule has 2 fully saturated rings. The zero-order chi connectivity index (χ0) is 18.3. The fourth-order valence-corrected chi connectivity index (χ4v) is 2.92. The smallest absolute Gasteiger partial charge is 0.313 e. The molecule has 2 aliphatic carbocycles. The van der Waals surface area contributed by atoms with Gasteiger partial charge >= 0.3 is 11.8 Å². The normalized spacial score (nSPS) is 21.2. The van der Waals surface area contributed by atoms with Crippen molar-refractivity contribution in [3.8, 4) is 0 Å². The number of carbonyl (C=O) groups is 2. The van der Waals surface area contributed by atoms with Crippen molar-refractivity contribution < 1.29 is 18.4 Å². The van der Waals surface area contributed by atoms with Gasteiger partial charge < -0.3 is 10.6 Å². The lowest BCUT2D eigenvalue weighted by Gasteiger charge is -2.07. The van der Waals surface area contributed by atoms with Crippen LogP contribution in [0.25, 0.3) is 0 Å². The summed E-state index contributed by atoms with van der Waals surface area (Å²) < 4.78 is 27.5. The third-order valence-electron chi connectivity index (χ3n) is 4.56. The van der Waals surface area contributed by atoms with Crippen LogP contribution in [0.3, 0.4) is 0 Å². The van der Waals surface area contributed by atoms with E-state index in [-0.39, 0.29) is 5.56 Å². The van der Waals surface area contributed by atoms with Crippen LogP contribution in [0.4, 0.5) is 14.5 Å². The van der Waals surface area contributed by atoms with Crippen molar-refractivity contribution in [2.75, 3.05) is 5.32 Å². The van der Waals surface area contributed by atoms with Gasteiger partial charge in [-0.15, -0.1) is 0 Å². The lowest BCUT2D eigenvalue weighted by atomic mass is 10.1. The Bertz CT molecular complexity index is 848. The molecule has 6 nitrogen and oxygen atoms in total. The van der Waals surface area contributed by atoms with E-state index in [1.807, 2.05) is 0 Å². The topological polar surface area (TPSA) is 84.0 Å². The van der Waals surface area contributed by atoms with Crippen LogP contribution >= 0.6 is 0 Å². The first-order chi connectivity index (χ1) is 12.5.